The Labute approximate surface area is 105 Å². The number of aliphatic hydroxyl groups is 1. The van der Waals surface area contributed by atoms with Crippen molar-refractivity contribution in [3.05, 3.63) is 41.5 Å². The molecule has 0 saturated carbocycles. The highest BCUT2D eigenvalue weighted by Crippen LogP contribution is 2.19. The summed E-state index contributed by atoms with van der Waals surface area (Å²) in [4.78, 5) is 4.42. The van der Waals surface area contributed by atoms with Gasteiger partial charge in [0.15, 0.2) is 5.82 Å². The number of phenolic OH excluding ortho intramolecular Hbond substituents is 1. The van der Waals surface area contributed by atoms with E-state index in [4.69, 9.17) is 0 Å². The fourth-order valence-electron chi connectivity index (χ4n) is 2.25. The predicted molar refractivity (Wildman–Crippen MR) is 65.3 cm³/mol. The summed E-state index contributed by atoms with van der Waals surface area (Å²) in [6.45, 7) is 0.713. The number of aryl methyl sites for hydroxylation is 1. The summed E-state index contributed by atoms with van der Waals surface area (Å²) in [6, 6.07) is 7.20. The van der Waals surface area contributed by atoms with Crippen LogP contribution in [0.3, 0.4) is 0 Å². The van der Waals surface area contributed by atoms with E-state index in [1.807, 2.05) is 16.8 Å². The first-order valence-electron chi connectivity index (χ1n) is 6.10. The lowest BCUT2D eigenvalue weighted by molar-refractivity contribution is 0.138. The number of rotatable bonds is 2. The molecule has 0 spiro atoms. The quantitative estimate of drug-likeness (QED) is 0.824. The Bertz CT molecular complexity index is 565. The Hall–Kier alpha value is -1.88. The molecule has 18 heavy (non-hydrogen) atoms. The molecule has 1 atom stereocenters. The van der Waals surface area contributed by atoms with Crippen LogP contribution in [0, 0.1) is 0 Å². The molecule has 2 N–H and O–H groups in total. The highest BCUT2D eigenvalue weighted by molar-refractivity contribution is 5.33. The molecule has 5 heteroatoms. The molecule has 0 fully saturated rings. The molecule has 0 aliphatic carbocycles. The van der Waals surface area contributed by atoms with Gasteiger partial charge in [0.05, 0.1) is 6.10 Å². The van der Waals surface area contributed by atoms with Crippen LogP contribution in [0.5, 0.6) is 5.75 Å². The molecule has 5 nitrogen and oxygen atoms in total. The van der Waals surface area contributed by atoms with Gasteiger partial charge in [-0.3, -0.25) is 0 Å². The molecule has 2 aromatic rings. The Morgan fingerprint density at radius 1 is 1.33 bits per heavy atom. The van der Waals surface area contributed by atoms with Crippen molar-refractivity contribution in [2.45, 2.75) is 31.9 Å². The zero-order valence-corrected chi connectivity index (χ0v) is 9.95. The number of fused-ring (bicyclic) bond motifs is 1. The number of aliphatic hydroxyl groups excluding tert-OH is 1. The molecular weight excluding hydrogens is 230 g/mol. The van der Waals surface area contributed by atoms with Crippen molar-refractivity contribution < 1.29 is 10.2 Å². The largest absolute Gasteiger partial charge is 0.508 e. The van der Waals surface area contributed by atoms with Crippen LogP contribution in [0.25, 0.3) is 0 Å². The van der Waals surface area contributed by atoms with Crippen molar-refractivity contribution in [1.29, 1.82) is 0 Å². The van der Waals surface area contributed by atoms with Crippen molar-refractivity contribution in [2.75, 3.05) is 0 Å². The van der Waals surface area contributed by atoms with Crippen LogP contribution in [0.1, 0.15) is 23.6 Å². The number of phenols is 1. The monoisotopic (exact) mass is 245 g/mol. The van der Waals surface area contributed by atoms with E-state index in [2.05, 4.69) is 10.1 Å². The normalized spacial score (nSPS) is 18.6. The fraction of sp³-hybridized carbons (Fsp3) is 0.385. The van der Waals surface area contributed by atoms with Crippen molar-refractivity contribution in [3.63, 3.8) is 0 Å². The molecule has 1 aromatic heterocycles. The van der Waals surface area contributed by atoms with E-state index in [1.54, 1.807) is 12.1 Å². The van der Waals surface area contributed by atoms with Crippen molar-refractivity contribution >= 4 is 0 Å². The SMILES string of the molecule is Oc1ccccc1Cc1nc2n(n1)CCC(O)C2. The lowest BCUT2D eigenvalue weighted by Gasteiger charge is -2.16. The van der Waals surface area contributed by atoms with Crippen LogP contribution in [0.2, 0.25) is 0 Å². The lowest BCUT2D eigenvalue weighted by Crippen LogP contribution is -2.23. The number of hydrogen-bond acceptors (Lipinski definition) is 4. The third-order valence-electron chi connectivity index (χ3n) is 3.22. The van der Waals surface area contributed by atoms with Crippen molar-refractivity contribution in [3.8, 4) is 5.75 Å². The first-order chi connectivity index (χ1) is 8.72. The fourth-order valence-corrected chi connectivity index (χ4v) is 2.25. The van der Waals surface area contributed by atoms with E-state index in [-0.39, 0.29) is 11.9 Å². The van der Waals surface area contributed by atoms with E-state index >= 15 is 0 Å². The molecule has 1 aliphatic heterocycles. The minimum absolute atomic E-state index is 0.269. The van der Waals surface area contributed by atoms with E-state index in [9.17, 15) is 10.2 Å². The predicted octanol–water partition coefficient (Wildman–Crippen LogP) is 0.882. The van der Waals surface area contributed by atoms with Gasteiger partial charge in [-0.2, -0.15) is 5.10 Å². The topological polar surface area (TPSA) is 71.2 Å². The highest BCUT2D eigenvalue weighted by Gasteiger charge is 2.20. The van der Waals surface area contributed by atoms with Crippen LogP contribution in [0.15, 0.2) is 24.3 Å². The van der Waals surface area contributed by atoms with E-state index < -0.39 is 0 Å². The van der Waals surface area contributed by atoms with Gasteiger partial charge in [0.25, 0.3) is 0 Å². The van der Waals surface area contributed by atoms with Crippen LogP contribution in [0.4, 0.5) is 0 Å². The maximum Gasteiger partial charge on any atom is 0.155 e. The van der Waals surface area contributed by atoms with E-state index in [0.29, 0.717) is 25.2 Å². The third-order valence-corrected chi connectivity index (χ3v) is 3.22. The number of benzene rings is 1. The summed E-state index contributed by atoms with van der Waals surface area (Å²) in [6.07, 6.45) is 1.50. The van der Waals surface area contributed by atoms with Gasteiger partial charge in [0.2, 0.25) is 0 Å². The summed E-state index contributed by atoms with van der Waals surface area (Å²) in [5.41, 5.74) is 0.820. The minimum Gasteiger partial charge on any atom is -0.508 e. The first kappa shape index (κ1) is 11.2. The maximum atomic E-state index is 9.71. The molecule has 0 bridgehead atoms. The molecule has 94 valence electrons. The van der Waals surface area contributed by atoms with Gasteiger partial charge in [-0.15, -0.1) is 0 Å². The molecule has 0 radical (unpaired) electrons. The van der Waals surface area contributed by atoms with Crippen LogP contribution >= 0.6 is 0 Å². The van der Waals surface area contributed by atoms with Crippen LogP contribution in [-0.4, -0.2) is 31.1 Å². The number of aromatic nitrogens is 3. The van der Waals surface area contributed by atoms with Gasteiger partial charge in [0.1, 0.15) is 11.6 Å². The Balaban J connectivity index is 1.84. The first-order valence-corrected chi connectivity index (χ1v) is 6.10. The van der Waals surface area contributed by atoms with Crippen molar-refractivity contribution in [2.24, 2.45) is 0 Å². The molecule has 0 saturated heterocycles. The van der Waals surface area contributed by atoms with Gasteiger partial charge >= 0.3 is 0 Å². The standard InChI is InChI=1S/C13H15N3O2/c17-10-5-6-16-13(8-10)14-12(15-16)7-9-3-1-2-4-11(9)18/h1-4,10,17-18H,5-8H2. The zero-order chi connectivity index (χ0) is 12.5. The van der Waals surface area contributed by atoms with Crippen LogP contribution in [-0.2, 0) is 19.4 Å². The molecule has 1 aliphatic rings. The zero-order valence-electron chi connectivity index (χ0n) is 9.95. The molecule has 3 rings (SSSR count). The summed E-state index contributed by atoms with van der Waals surface area (Å²) >= 11 is 0. The Morgan fingerprint density at radius 3 is 3.00 bits per heavy atom. The summed E-state index contributed by atoms with van der Waals surface area (Å²) in [5.74, 6) is 1.80. The van der Waals surface area contributed by atoms with Gasteiger partial charge < -0.3 is 10.2 Å². The summed E-state index contributed by atoms with van der Waals surface area (Å²) in [5, 5.41) is 23.7. The Morgan fingerprint density at radius 2 is 2.17 bits per heavy atom. The minimum atomic E-state index is -0.306. The average molecular weight is 245 g/mol. The molecule has 1 unspecified atom stereocenters. The number of para-hydroxylation sites is 1. The van der Waals surface area contributed by atoms with Crippen LogP contribution < -0.4 is 0 Å². The molecule has 2 heterocycles. The average Bonchev–Trinajstić information content (AvgIpc) is 2.73. The van der Waals surface area contributed by atoms with E-state index in [0.717, 1.165) is 17.8 Å². The molecule has 1 aromatic carbocycles. The second-order valence-electron chi connectivity index (χ2n) is 4.62. The summed E-state index contributed by atoms with van der Waals surface area (Å²) < 4.78 is 1.85. The second-order valence-corrected chi connectivity index (χ2v) is 4.62. The van der Waals surface area contributed by atoms with Gasteiger partial charge in [-0.25, -0.2) is 9.67 Å². The highest BCUT2D eigenvalue weighted by atomic mass is 16.3. The van der Waals surface area contributed by atoms with Gasteiger partial charge in [-0.05, 0) is 12.5 Å². The maximum absolute atomic E-state index is 9.71. The lowest BCUT2D eigenvalue weighted by atomic mass is 10.1. The van der Waals surface area contributed by atoms with Gasteiger partial charge in [-0.1, -0.05) is 18.2 Å². The summed E-state index contributed by atoms with van der Waals surface area (Å²) in [7, 11) is 0. The third kappa shape index (κ3) is 2.09. The number of nitrogens with zero attached hydrogens (tertiary/aromatic N) is 3. The number of hydrogen-bond donors (Lipinski definition) is 2. The van der Waals surface area contributed by atoms with E-state index in [1.165, 1.54) is 0 Å². The smallest absolute Gasteiger partial charge is 0.155 e. The number of aromatic hydroxyl groups is 1. The van der Waals surface area contributed by atoms with Gasteiger partial charge in [0, 0.05) is 24.9 Å². The Kier molecular flexibility index (Phi) is 2.76. The van der Waals surface area contributed by atoms with Crippen molar-refractivity contribution in [1.82, 2.24) is 14.8 Å². The molecular formula is C13H15N3O2. The molecule has 0 amide bonds. The second kappa shape index (κ2) is 4.42.